The van der Waals surface area contributed by atoms with Crippen molar-refractivity contribution < 1.29 is 9.13 Å². The molecule has 0 saturated carbocycles. The second kappa shape index (κ2) is 11.6. The summed E-state index contributed by atoms with van der Waals surface area (Å²) in [5.74, 6) is 1.42. The Hall–Kier alpha value is -1.55. The molecule has 0 atom stereocenters. The topological polar surface area (TPSA) is 48.9 Å². The third kappa shape index (κ3) is 6.74. The molecule has 158 valence electrons. The molecule has 0 bridgehead atoms. The third-order valence-electron chi connectivity index (χ3n) is 4.92. The third-order valence-corrected chi connectivity index (χ3v) is 5.41. The lowest BCUT2D eigenvalue weighted by Crippen LogP contribution is -2.48. The van der Waals surface area contributed by atoms with Gasteiger partial charge in [0, 0.05) is 48.4 Å². The Morgan fingerprint density at radius 2 is 2.00 bits per heavy atom. The maximum absolute atomic E-state index is 13.4. The molecule has 0 spiro atoms. The Bertz CT molecular complexity index is 828. The number of aliphatic imine (C=N–C) groups is 1. The predicted molar refractivity (Wildman–Crippen MR) is 131 cm³/mol. The lowest BCUT2D eigenvalue weighted by Gasteiger charge is -2.34. The normalized spacial score (nSPS) is 14.9. The Kier molecular flexibility index (Phi) is 9.48. The number of rotatable bonds is 5. The highest BCUT2D eigenvalue weighted by Gasteiger charge is 2.20. The second-order valence-electron chi connectivity index (χ2n) is 6.77. The average Bonchev–Trinajstić information content (AvgIpc) is 2.71. The standard InChI is InChI=1S/C21H26BrFN4O.HI/c1-24-21(25-14-15-12-16(22)6-7-20(15)28-2)26-18-8-10-27(11-9-18)19-5-3-4-17(23)13-19;/h3-7,12-13,18H,8-11,14H2,1-2H3,(H2,24,25,26);1H. The molecule has 2 N–H and O–H groups in total. The number of nitrogens with one attached hydrogen (secondary N) is 2. The number of nitrogens with zero attached hydrogens (tertiary/aromatic N) is 2. The molecule has 0 aromatic heterocycles. The van der Waals surface area contributed by atoms with E-state index >= 15 is 0 Å². The van der Waals surface area contributed by atoms with Crippen LogP contribution in [-0.4, -0.2) is 39.2 Å². The van der Waals surface area contributed by atoms with Gasteiger partial charge in [-0.25, -0.2) is 4.39 Å². The zero-order valence-corrected chi connectivity index (χ0v) is 20.5. The summed E-state index contributed by atoms with van der Waals surface area (Å²) in [4.78, 5) is 6.57. The van der Waals surface area contributed by atoms with Gasteiger partial charge in [-0.1, -0.05) is 22.0 Å². The van der Waals surface area contributed by atoms with Gasteiger partial charge in [0.2, 0.25) is 0 Å². The molecular formula is C21H27BrFIN4O. The van der Waals surface area contributed by atoms with Crippen molar-refractivity contribution in [3.05, 3.63) is 58.3 Å². The molecule has 8 heteroatoms. The van der Waals surface area contributed by atoms with Crippen LogP contribution in [0.1, 0.15) is 18.4 Å². The van der Waals surface area contributed by atoms with E-state index in [1.807, 2.05) is 24.3 Å². The van der Waals surface area contributed by atoms with E-state index in [0.29, 0.717) is 12.6 Å². The molecule has 3 rings (SSSR count). The van der Waals surface area contributed by atoms with Gasteiger partial charge in [0.25, 0.3) is 0 Å². The fourth-order valence-electron chi connectivity index (χ4n) is 3.41. The zero-order valence-electron chi connectivity index (χ0n) is 16.6. The summed E-state index contributed by atoms with van der Waals surface area (Å²) < 4.78 is 19.9. The number of methoxy groups -OCH3 is 1. The molecule has 1 aliphatic heterocycles. The summed E-state index contributed by atoms with van der Waals surface area (Å²) in [7, 11) is 3.45. The number of ether oxygens (including phenoxy) is 1. The Morgan fingerprint density at radius 3 is 2.66 bits per heavy atom. The SMILES string of the molecule is CN=C(NCc1cc(Br)ccc1OC)NC1CCN(c2cccc(F)c2)CC1.I. The van der Waals surface area contributed by atoms with Crippen LogP contribution in [0.3, 0.4) is 0 Å². The molecule has 1 fully saturated rings. The lowest BCUT2D eigenvalue weighted by atomic mass is 10.0. The van der Waals surface area contributed by atoms with Crippen LogP contribution in [-0.2, 0) is 6.54 Å². The molecule has 0 unspecified atom stereocenters. The van der Waals surface area contributed by atoms with Gasteiger partial charge in [0.1, 0.15) is 11.6 Å². The number of piperidine rings is 1. The molecule has 1 heterocycles. The largest absolute Gasteiger partial charge is 0.496 e. The van der Waals surface area contributed by atoms with E-state index < -0.39 is 0 Å². The van der Waals surface area contributed by atoms with Crippen LogP contribution in [0.4, 0.5) is 10.1 Å². The number of benzene rings is 2. The summed E-state index contributed by atoms with van der Waals surface area (Å²) in [6.07, 6.45) is 1.94. The first-order valence-corrected chi connectivity index (χ1v) is 10.2. The van der Waals surface area contributed by atoms with Crippen LogP contribution in [0.15, 0.2) is 51.9 Å². The Balaban J connectivity index is 0.00000300. The van der Waals surface area contributed by atoms with Crippen molar-refractivity contribution >= 4 is 51.6 Å². The molecule has 0 radical (unpaired) electrons. The van der Waals surface area contributed by atoms with Gasteiger partial charge in [-0.2, -0.15) is 0 Å². The van der Waals surface area contributed by atoms with Gasteiger partial charge in [0.15, 0.2) is 5.96 Å². The van der Waals surface area contributed by atoms with Gasteiger partial charge in [-0.3, -0.25) is 4.99 Å². The highest BCUT2D eigenvalue weighted by atomic mass is 127. The summed E-state index contributed by atoms with van der Waals surface area (Å²) in [5.41, 5.74) is 2.00. The monoisotopic (exact) mass is 576 g/mol. The number of hydrogen-bond donors (Lipinski definition) is 2. The van der Waals surface area contributed by atoms with Crippen LogP contribution in [0.2, 0.25) is 0 Å². The van der Waals surface area contributed by atoms with E-state index in [1.165, 1.54) is 6.07 Å². The quantitative estimate of drug-likeness (QED) is 0.311. The first-order chi connectivity index (χ1) is 13.6. The minimum absolute atomic E-state index is 0. The smallest absolute Gasteiger partial charge is 0.191 e. The number of hydrogen-bond acceptors (Lipinski definition) is 3. The van der Waals surface area contributed by atoms with Crippen LogP contribution in [0.25, 0.3) is 0 Å². The van der Waals surface area contributed by atoms with Gasteiger partial charge < -0.3 is 20.3 Å². The fraction of sp³-hybridized carbons (Fsp3) is 0.381. The van der Waals surface area contributed by atoms with Gasteiger partial charge in [0.05, 0.1) is 7.11 Å². The Morgan fingerprint density at radius 1 is 1.24 bits per heavy atom. The van der Waals surface area contributed by atoms with E-state index in [-0.39, 0.29) is 29.8 Å². The molecule has 29 heavy (non-hydrogen) atoms. The highest BCUT2D eigenvalue weighted by Crippen LogP contribution is 2.23. The molecule has 1 saturated heterocycles. The molecule has 2 aromatic carbocycles. The van der Waals surface area contributed by atoms with E-state index in [1.54, 1.807) is 26.3 Å². The van der Waals surface area contributed by atoms with E-state index in [9.17, 15) is 4.39 Å². The van der Waals surface area contributed by atoms with E-state index in [2.05, 4.69) is 36.5 Å². The van der Waals surface area contributed by atoms with Crippen molar-refractivity contribution in [1.29, 1.82) is 0 Å². The minimum atomic E-state index is -0.190. The number of anilines is 1. The highest BCUT2D eigenvalue weighted by molar-refractivity contribution is 14.0. The molecule has 0 aliphatic carbocycles. The predicted octanol–water partition coefficient (Wildman–Crippen LogP) is 4.55. The van der Waals surface area contributed by atoms with Gasteiger partial charge in [-0.15, -0.1) is 24.0 Å². The van der Waals surface area contributed by atoms with Gasteiger partial charge in [-0.05, 0) is 49.2 Å². The van der Waals surface area contributed by atoms with Crippen molar-refractivity contribution in [2.75, 3.05) is 32.1 Å². The summed E-state index contributed by atoms with van der Waals surface area (Å²) in [6, 6.07) is 13.1. The summed E-state index contributed by atoms with van der Waals surface area (Å²) >= 11 is 3.50. The minimum Gasteiger partial charge on any atom is -0.496 e. The number of guanidine groups is 1. The van der Waals surface area contributed by atoms with Crippen LogP contribution < -0.4 is 20.3 Å². The number of halogens is 3. The first kappa shape index (κ1) is 23.7. The molecule has 0 amide bonds. The molecular weight excluding hydrogens is 550 g/mol. The van der Waals surface area contributed by atoms with Crippen molar-refractivity contribution in [3.8, 4) is 5.75 Å². The van der Waals surface area contributed by atoms with Crippen molar-refractivity contribution in [3.63, 3.8) is 0 Å². The summed E-state index contributed by atoms with van der Waals surface area (Å²) in [6.45, 7) is 2.39. The average molecular weight is 577 g/mol. The maximum atomic E-state index is 13.4. The van der Waals surface area contributed by atoms with Crippen molar-refractivity contribution in [2.24, 2.45) is 4.99 Å². The van der Waals surface area contributed by atoms with Crippen molar-refractivity contribution in [1.82, 2.24) is 10.6 Å². The summed E-state index contributed by atoms with van der Waals surface area (Å²) in [5, 5.41) is 6.86. The van der Waals surface area contributed by atoms with E-state index in [4.69, 9.17) is 4.74 Å². The molecule has 1 aliphatic rings. The van der Waals surface area contributed by atoms with Gasteiger partial charge >= 0.3 is 0 Å². The Labute approximate surface area is 197 Å². The van der Waals surface area contributed by atoms with E-state index in [0.717, 1.165) is 53.4 Å². The van der Waals surface area contributed by atoms with Crippen molar-refractivity contribution in [2.45, 2.75) is 25.4 Å². The zero-order chi connectivity index (χ0) is 19.9. The second-order valence-corrected chi connectivity index (χ2v) is 7.68. The van der Waals surface area contributed by atoms with Crippen LogP contribution in [0.5, 0.6) is 5.75 Å². The lowest BCUT2D eigenvalue weighted by molar-refractivity contribution is 0.408. The fourth-order valence-corrected chi connectivity index (χ4v) is 3.82. The molecule has 2 aromatic rings. The van der Waals surface area contributed by atoms with Crippen LogP contribution >= 0.6 is 39.9 Å². The maximum Gasteiger partial charge on any atom is 0.191 e. The molecule has 5 nitrogen and oxygen atoms in total. The van der Waals surface area contributed by atoms with Crippen LogP contribution in [0, 0.1) is 5.82 Å². The first-order valence-electron chi connectivity index (χ1n) is 9.39.